The van der Waals surface area contributed by atoms with E-state index in [-0.39, 0.29) is 0 Å². The van der Waals surface area contributed by atoms with Crippen LogP contribution in [0.3, 0.4) is 0 Å². The van der Waals surface area contributed by atoms with Crippen molar-refractivity contribution >= 4 is 34.3 Å². The minimum Gasteiger partial charge on any atom is -0.302 e. The molecule has 124 valence electrons. The molecule has 25 heavy (non-hydrogen) atoms. The second-order valence-corrected chi connectivity index (χ2v) is 8.02. The molecule has 0 unspecified atom stereocenters. The van der Waals surface area contributed by atoms with Crippen molar-refractivity contribution in [1.82, 2.24) is 19.7 Å². The number of halogens is 1. The molecule has 2 saturated carbocycles. The minimum absolute atomic E-state index is 0.530. The van der Waals surface area contributed by atoms with E-state index in [2.05, 4.69) is 25.8 Å². The molecule has 7 heteroatoms. The molecule has 2 fully saturated rings. The number of benzene rings is 1. The fraction of sp³-hybridized carbons (Fsp3) is 0.333. The van der Waals surface area contributed by atoms with E-state index in [9.17, 15) is 5.26 Å². The summed E-state index contributed by atoms with van der Waals surface area (Å²) in [4.78, 5) is 4.68. The quantitative estimate of drug-likeness (QED) is 0.667. The van der Waals surface area contributed by atoms with Crippen LogP contribution in [0.15, 0.2) is 34.4 Å². The van der Waals surface area contributed by atoms with Gasteiger partial charge in [-0.25, -0.2) is 4.98 Å². The summed E-state index contributed by atoms with van der Waals surface area (Å²) in [6.07, 6.45) is 4.81. The van der Waals surface area contributed by atoms with Gasteiger partial charge in [0.05, 0.1) is 17.1 Å². The van der Waals surface area contributed by atoms with E-state index in [0.717, 1.165) is 26.9 Å². The summed E-state index contributed by atoms with van der Waals surface area (Å²) < 4.78 is 2.29. The molecule has 2 aromatic heterocycles. The third-order valence-corrected chi connectivity index (χ3v) is 5.72. The molecule has 2 heterocycles. The fourth-order valence-electron chi connectivity index (χ4n) is 3.07. The Labute approximate surface area is 154 Å². The Morgan fingerprint density at radius 2 is 2.00 bits per heavy atom. The topological polar surface area (TPSA) is 67.4 Å². The van der Waals surface area contributed by atoms with E-state index in [1.54, 1.807) is 12.1 Å². The Morgan fingerprint density at radius 1 is 1.16 bits per heavy atom. The second kappa shape index (κ2) is 5.72. The van der Waals surface area contributed by atoms with Crippen LogP contribution in [0, 0.1) is 11.3 Å². The van der Waals surface area contributed by atoms with Crippen LogP contribution in [0.5, 0.6) is 0 Å². The number of rotatable bonds is 4. The van der Waals surface area contributed by atoms with Crippen LogP contribution in [0.2, 0.25) is 5.02 Å². The van der Waals surface area contributed by atoms with Gasteiger partial charge in [-0.3, -0.25) is 0 Å². The summed E-state index contributed by atoms with van der Waals surface area (Å²) >= 11 is 7.55. The summed E-state index contributed by atoms with van der Waals surface area (Å²) in [7, 11) is 0. The number of aromatic nitrogens is 4. The predicted molar refractivity (Wildman–Crippen MR) is 95.9 cm³/mol. The lowest BCUT2D eigenvalue weighted by atomic mass is 10.1. The van der Waals surface area contributed by atoms with Gasteiger partial charge < -0.3 is 4.57 Å². The first-order valence-corrected chi connectivity index (χ1v) is 9.55. The number of nitrogens with zero attached hydrogens (tertiary/aromatic N) is 5. The molecule has 0 bridgehead atoms. The van der Waals surface area contributed by atoms with Gasteiger partial charge in [0.1, 0.15) is 10.9 Å². The first-order valence-electron chi connectivity index (χ1n) is 8.36. The molecule has 2 aliphatic rings. The number of hydrogen-bond acceptors (Lipinski definition) is 5. The van der Waals surface area contributed by atoms with Gasteiger partial charge in [0.25, 0.3) is 0 Å². The van der Waals surface area contributed by atoms with Gasteiger partial charge in [0.15, 0.2) is 5.16 Å². The van der Waals surface area contributed by atoms with Crippen molar-refractivity contribution in [2.75, 3.05) is 0 Å². The van der Waals surface area contributed by atoms with Crippen molar-refractivity contribution in [2.24, 2.45) is 0 Å². The summed E-state index contributed by atoms with van der Waals surface area (Å²) in [6, 6.07) is 10.0. The monoisotopic (exact) mass is 367 g/mol. The summed E-state index contributed by atoms with van der Waals surface area (Å²) in [5.41, 5.74) is 1.35. The third-order valence-electron chi connectivity index (χ3n) is 4.61. The highest BCUT2D eigenvalue weighted by molar-refractivity contribution is 7.99. The van der Waals surface area contributed by atoms with E-state index in [4.69, 9.17) is 11.6 Å². The number of hydrogen-bond donors (Lipinski definition) is 0. The first-order chi connectivity index (χ1) is 12.2. The van der Waals surface area contributed by atoms with Gasteiger partial charge in [-0.2, -0.15) is 5.26 Å². The highest BCUT2D eigenvalue weighted by Gasteiger charge is 2.36. The maximum absolute atomic E-state index is 9.49. The molecule has 0 spiro atoms. The van der Waals surface area contributed by atoms with E-state index in [0.29, 0.717) is 22.5 Å². The largest absolute Gasteiger partial charge is 0.302 e. The van der Waals surface area contributed by atoms with Crippen molar-refractivity contribution in [3.8, 4) is 6.07 Å². The van der Waals surface area contributed by atoms with Crippen molar-refractivity contribution in [3.05, 3.63) is 40.7 Å². The lowest BCUT2D eigenvalue weighted by molar-refractivity contribution is 0.626. The molecule has 3 aromatic rings. The third kappa shape index (κ3) is 2.78. The average Bonchev–Trinajstić information content (AvgIpc) is 3.53. The molecule has 2 aliphatic carbocycles. The first kappa shape index (κ1) is 15.2. The molecule has 5 nitrogen and oxygen atoms in total. The Kier molecular flexibility index (Phi) is 3.47. The molecule has 5 rings (SSSR count). The molecule has 0 atom stereocenters. The average molecular weight is 368 g/mol. The highest BCUT2D eigenvalue weighted by Crippen LogP contribution is 2.46. The van der Waals surface area contributed by atoms with Crippen molar-refractivity contribution < 1.29 is 0 Å². The van der Waals surface area contributed by atoms with Gasteiger partial charge in [-0.15, -0.1) is 10.2 Å². The van der Waals surface area contributed by atoms with Crippen LogP contribution in [-0.2, 0) is 0 Å². The van der Waals surface area contributed by atoms with E-state index in [1.165, 1.54) is 37.4 Å². The smallest absolute Gasteiger partial charge is 0.197 e. The van der Waals surface area contributed by atoms with Crippen molar-refractivity contribution in [1.29, 1.82) is 5.26 Å². The summed E-state index contributed by atoms with van der Waals surface area (Å²) in [5.74, 6) is 1.70. The zero-order valence-electron chi connectivity index (χ0n) is 13.3. The normalized spacial score (nSPS) is 17.0. The predicted octanol–water partition coefficient (Wildman–Crippen LogP) is 4.71. The van der Waals surface area contributed by atoms with Crippen LogP contribution in [-0.4, -0.2) is 19.7 Å². The van der Waals surface area contributed by atoms with Gasteiger partial charge in [0, 0.05) is 22.4 Å². The lowest BCUT2D eigenvalue weighted by Crippen LogP contribution is -2.02. The summed E-state index contributed by atoms with van der Waals surface area (Å²) in [6.45, 7) is 0. The molecular formula is C18H14ClN5S. The molecule has 1 aromatic carbocycles. The van der Waals surface area contributed by atoms with E-state index >= 15 is 0 Å². The lowest BCUT2D eigenvalue weighted by Gasteiger charge is -2.09. The molecule has 0 radical (unpaired) electrons. The van der Waals surface area contributed by atoms with Gasteiger partial charge >= 0.3 is 0 Å². The van der Waals surface area contributed by atoms with E-state index in [1.807, 2.05) is 12.1 Å². The Morgan fingerprint density at radius 3 is 2.72 bits per heavy atom. The Bertz CT molecular complexity index is 1030. The number of fused-ring (bicyclic) bond motifs is 1. The summed E-state index contributed by atoms with van der Waals surface area (Å²) in [5, 5.41) is 21.4. The van der Waals surface area contributed by atoms with Crippen LogP contribution in [0.25, 0.3) is 10.9 Å². The van der Waals surface area contributed by atoms with E-state index < -0.39 is 0 Å². The standard InChI is InChI=1S/C18H14ClN5S/c19-12-3-6-15-14(8-12)11(9-20)7-16(21-15)25-18-23-22-17(10-1-2-10)24(18)13-4-5-13/h3,6-8,10,13H,1-2,4-5H2. The van der Waals surface area contributed by atoms with Crippen LogP contribution in [0.1, 0.15) is 49.0 Å². The molecule has 0 N–H and O–H groups in total. The molecule has 0 saturated heterocycles. The van der Waals surface area contributed by atoms with Gasteiger partial charge in [0.2, 0.25) is 0 Å². The van der Waals surface area contributed by atoms with Crippen molar-refractivity contribution in [3.63, 3.8) is 0 Å². The Hall–Kier alpha value is -2.10. The maximum Gasteiger partial charge on any atom is 0.197 e. The SMILES string of the molecule is N#Cc1cc(Sc2nnc(C3CC3)n2C2CC2)nc2ccc(Cl)cc12. The number of pyridine rings is 1. The minimum atomic E-state index is 0.530. The number of nitriles is 1. The highest BCUT2D eigenvalue weighted by atomic mass is 35.5. The fourth-order valence-corrected chi connectivity index (χ4v) is 4.17. The Balaban J connectivity index is 1.56. The second-order valence-electron chi connectivity index (χ2n) is 6.60. The van der Waals surface area contributed by atoms with Crippen LogP contribution < -0.4 is 0 Å². The zero-order valence-corrected chi connectivity index (χ0v) is 14.9. The maximum atomic E-state index is 9.49. The van der Waals surface area contributed by atoms with Crippen molar-refractivity contribution in [2.45, 2.75) is 47.8 Å². The molecular weight excluding hydrogens is 354 g/mol. The molecule has 0 amide bonds. The zero-order chi connectivity index (χ0) is 17.0. The molecule has 0 aliphatic heterocycles. The van der Waals surface area contributed by atoms with Crippen LogP contribution in [0.4, 0.5) is 0 Å². The van der Waals surface area contributed by atoms with Gasteiger partial charge in [-0.1, -0.05) is 11.6 Å². The van der Waals surface area contributed by atoms with Gasteiger partial charge in [-0.05, 0) is 61.7 Å². The van der Waals surface area contributed by atoms with Crippen LogP contribution >= 0.6 is 23.4 Å².